The zero-order chi connectivity index (χ0) is 12.0. The third-order valence-corrected chi connectivity index (χ3v) is 2.71. The first-order chi connectivity index (χ1) is 7.65. The molecule has 0 radical (unpaired) electrons. The highest BCUT2D eigenvalue weighted by Crippen LogP contribution is 2.23. The first-order valence-corrected chi connectivity index (χ1v) is 5.80. The summed E-state index contributed by atoms with van der Waals surface area (Å²) in [6.07, 6.45) is 5.08. The van der Waals surface area contributed by atoms with Crippen LogP contribution in [0.1, 0.15) is 0 Å². The van der Waals surface area contributed by atoms with E-state index < -0.39 is 11.6 Å². The van der Waals surface area contributed by atoms with Crippen LogP contribution in [0, 0.1) is 24.0 Å². The molecule has 0 heterocycles. The van der Waals surface area contributed by atoms with Gasteiger partial charge in [0.2, 0.25) is 0 Å². The molecule has 0 bridgehead atoms. The predicted molar refractivity (Wildman–Crippen MR) is 65.4 cm³/mol. The topological polar surface area (TPSA) is 38.0 Å². The second-order valence-corrected chi connectivity index (χ2v) is 4.14. The van der Waals surface area contributed by atoms with E-state index in [0.717, 1.165) is 11.8 Å². The molecule has 1 aromatic carbocycles. The number of nitrogens with one attached hydrogen (secondary N) is 1. The summed E-state index contributed by atoms with van der Waals surface area (Å²) in [5, 5.41) is 2.86. The number of hydrogen-bond donors (Lipinski definition) is 2. The number of benzene rings is 1. The number of nitrogens with two attached hydrogens (primary N) is 1. The first kappa shape index (κ1) is 12.7. The van der Waals surface area contributed by atoms with Crippen molar-refractivity contribution in [1.29, 1.82) is 0 Å². The van der Waals surface area contributed by atoms with Crippen LogP contribution in [0.2, 0.25) is 0 Å². The predicted octanol–water partition coefficient (Wildman–Crippen LogP) is 2.33. The number of hydrogen-bond acceptors (Lipinski definition) is 3. The van der Waals surface area contributed by atoms with Gasteiger partial charge in [0.15, 0.2) is 5.82 Å². The SMILES string of the molecule is C#CCSCCNc1cc(F)cc(F)c1N. The van der Waals surface area contributed by atoms with Gasteiger partial charge >= 0.3 is 0 Å². The molecule has 0 atom stereocenters. The van der Waals surface area contributed by atoms with Crippen molar-refractivity contribution in [3.05, 3.63) is 23.8 Å². The van der Waals surface area contributed by atoms with Crippen molar-refractivity contribution in [3.8, 4) is 12.3 Å². The summed E-state index contributed by atoms with van der Waals surface area (Å²) in [5.41, 5.74) is 5.66. The molecule has 1 aromatic rings. The van der Waals surface area contributed by atoms with Crippen LogP contribution in [0.4, 0.5) is 20.2 Å². The van der Waals surface area contributed by atoms with Crippen molar-refractivity contribution in [2.24, 2.45) is 0 Å². The fourth-order valence-electron chi connectivity index (χ4n) is 1.12. The maximum atomic E-state index is 13.0. The third-order valence-electron chi connectivity index (χ3n) is 1.84. The van der Waals surface area contributed by atoms with Crippen molar-refractivity contribution >= 4 is 23.1 Å². The molecule has 5 heteroatoms. The highest BCUT2D eigenvalue weighted by atomic mass is 32.2. The monoisotopic (exact) mass is 242 g/mol. The molecule has 1 rings (SSSR count). The van der Waals surface area contributed by atoms with Crippen LogP contribution in [-0.4, -0.2) is 18.1 Å². The van der Waals surface area contributed by atoms with E-state index in [1.165, 1.54) is 6.07 Å². The van der Waals surface area contributed by atoms with Gasteiger partial charge < -0.3 is 11.1 Å². The molecule has 2 nitrogen and oxygen atoms in total. The lowest BCUT2D eigenvalue weighted by atomic mass is 10.2. The Morgan fingerprint density at radius 1 is 1.44 bits per heavy atom. The van der Waals surface area contributed by atoms with Crippen molar-refractivity contribution in [2.75, 3.05) is 29.1 Å². The summed E-state index contributed by atoms with van der Waals surface area (Å²) >= 11 is 1.56. The molecule has 0 fully saturated rings. The fraction of sp³-hybridized carbons (Fsp3) is 0.273. The number of rotatable bonds is 5. The van der Waals surface area contributed by atoms with Crippen molar-refractivity contribution in [2.45, 2.75) is 0 Å². The first-order valence-electron chi connectivity index (χ1n) is 4.64. The normalized spacial score (nSPS) is 9.81. The molecule has 0 saturated carbocycles. The molecule has 0 unspecified atom stereocenters. The average Bonchev–Trinajstić information content (AvgIpc) is 2.24. The van der Waals surface area contributed by atoms with Gasteiger partial charge in [0.1, 0.15) is 5.82 Å². The molecule has 0 aliphatic carbocycles. The molecule has 0 amide bonds. The van der Waals surface area contributed by atoms with Gasteiger partial charge in [-0.15, -0.1) is 18.2 Å². The Kier molecular flexibility index (Phi) is 4.93. The Morgan fingerprint density at radius 2 is 2.19 bits per heavy atom. The van der Waals surface area contributed by atoms with E-state index in [2.05, 4.69) is 11.2 Å². The average molecular weight is 242 g/mol. The van der Waals surface area contributed by atoms with Gasteiger partial charge in [0.05, 0.1) is 17.1 Å². The lowest BCUT2D eigenvalue weighted by Gasteiger charge is -2.09. The van der Waals surface area contributed by atoms with Gasteiger partial charge in [-0.05, 0) is 6.07 Å². The Bertz CT molecular complexity index is 402. The molecule has 16 heavy (non-hydrogen) atoms. The van der Waals surface area contributed by atoms with Crippen LogP contribution >= 0.6 is 11.8 Å². The lowest BCUT2D eigenvalue weighted by molar-refractivity contribution is 0.587. The zero-order valence-electron chi connectivity index (χ0n) is 8.59. The fourth-order valence-corrected chi connectivity index (χ4v) is 1.63. The van der Waals surface area contributed by atoms with E-state index in [1.54, 1.807) is 11.8 Å². The summed E-state index contributed by atoms with van der Waals surface area (Å²) in [6.45, 7) is 0.555. The van der Waals surface area contributed by atoms with Gasteiger partial charge in [-0.1, -0.05) is 5.92 Å². The van der Waals surface area contributed by atoms with Crippen LogP contribution in [0.15, 0.2) is 12.1 Å². The Labute approximate surface area is 97.6 Å². The van der Waals surface area contributed by atoms with Crippen LogP contribution in [0.5, 0.6) is 0 Å². The van der Waals surface area contributed by atoms with Crippen LogP contribution < -0.4 is 11.1 Å². The summed E-state index contributed by atoms with van der Waals surface area (Å²) in [7, 11) is 0. The Morgan fingerprint density at radius 3 is 2.88 bits per heavy atom. The third kappa shape index (κ3) is 3.63. The Hall–Kier alpha value is -1.41. The highest BCUT2D eigenvalue weighted by Gasteiger charge is 2.07. The smallest absolute Gasteiger partial charge is 0.151 e. The van der Waals surface area contributed by atoms with E-state index in [-0.39, 0.29) is 11.4 Å². The zero-order valence-corrected chi connectivity index (χ0v) is 9.41. The van der Waals surface area contributed by atoms with Crippen molar-refractivity contribution < 1.29 is 8.78 Å². The summed E-state index contributed by atoms with van der Waals surface area (Å²) < 4.78 is 25.9. The van der Waals surface area contributed by atoms with Gasteiger partial charge in [-0.2, -0.15) is 0 Å². The van der Waals surface area contributed by atoms with Crippen LogP contribution in [0.3, 0.4) is 0 Å². The van der Waals surface area contributed by atoms with Gasteiger partial charge in [-0.25, -0.2) is 8.78 Å². The Balaban J connectivity index is 2.51. The van der Waals surface area contributed by atoms with Crippen molar-refractivity contribution in [1.82, 2.24) is 0 Å². The molecule has 0 aromatic heterocycles. The molecular weight excluding hydrogens is 230 g/mol. The standard InChI is InChI=1S/C11H12F2N2S/c1-2-4-16-5-3-15-10-7-8(12)6-9(13)11(10)14/h1,6-7,15H,3-5,14H2. The summed E-state index contributed by atoms with van der Waals surface area (Å²) in [5.74, 6) is 2.46. The quantitative estimate of drug-likeness (QED) is 0.473. The largest absolute Gasteiger partial charge is 0.395 e. The minimum atomic E-state index is -0.751. The maximum Gasteiger partial charge on any atom is 0.151 e. The molecule has 0 aliphatic heterocycles. The van der Waals surface area contributed by atoms with Crippen molar-refractivity contribution in [3.63, 3.8) is 0 Å². The van der Waals surface area contributed by atoms with E-state index in [4.69, 9.17) is 12.2 Å². The van der Waals surface area contributed by atoms with Gasteiger partial charge in [0.25, 0.3) is 0 Å². The highest BCUT2D eigenvalue weighted by molar-refractivity contribution is 7.99. The minimum absolute atomic E-state index is 0.0663. The molecule has 3 N–H and O–H groups in total. The minimum Gasteiger partial charge on any atom is -0.395 e. The van der Waals surface area contributed by atoms with Gasteiger partial charge in [-0.3, -0.25) is 0 Å². The number of halogens is 2. The molecular formula is C11H12F2N2S. The molecule has 0 saturated heterocycles. The molecule has 0 aliphatic rings. The molecule has 0 spiro atoms. The van der Waals surface area contributed by atoms with Crippen LogP contribution in [0.25, 0.3) is 0 Å². The second-order valence-electron chi connectivity index (χ2n) is 3.03. The summed E-state index contributed by atoms with van der Waals surface area (Å²) in [4.78, 5) is 0. The maximum absolute atomic E-state index is 13.0. The lowest BCUT2D eigenvalue weighted by Crippen LogP contribution is -2.08. The number of anilines is 2. The molecule has 86 valence electrons. The van der Waals surface area contributed by atoms with Gasteiger partial charge in [0, 0.05) is 18.4 Å². The van der Waals surface area contributed by atoms with E-state index >= 15 is 0 Å². The van der Waals surface area contributed by atoms with Crippen LogP contribution in [-0.2, 0) is 0 Å². The second kappa shape index (κ2) is 6.23. The van der Waals surface area contributed by atoms with E-state index in [9.17, 15) is 8.78 Å². The van der Waals surface area contributed by atoms with E-state index in [0.29, 0.717) is 12.3 Å². The number of nitrogen functional groups attached to an aromatic ring is 1. The number of thioether (sulfide) groups is 1. The summed E-state index contributed by atoms with van der Waals surface area (Å²) in [6, 6.07) is 1.93. The van der Waals surface area contributed by atoms with E-state index in [1.807, 2.05) is 0 Å². The number of terminal acetylenes is 1.